The van der Waals surface area contributed by atoms with Crippen molar-refractivity contribution < 1.29 is 5.11 Å². The summed E-state index contributed by atoms with van der Waals surface area (Å²) in [6, 6.07) is 4.47. The summed E-state index contributed by atoms with van der Waals surface area (Å²) >= 11 is 1.73. The van der Waals surface area contributed by atoms with Crippen LogP contribution in [0.1, 0.15) is 43.9 Å². The lowest BCUT2D eigenvalue weighted by molar-refractivity contribution is 0.189. The topological polar surface area (TPSA) is 50.1 Å². The summed E-state index contributed by atoms with van der Waals surface area (Å²) in [4.78, 5) is 5.76. The molecule has 0 saturated carbocycles. The number of hydrogen-bond donors (Lipinski definition) is 2. The van der Waals surface area contributed by atoms with Gasteiger partial charge in [0.05, 0.1) is 0 Å². The van der Waals surface area contributed by atoms with Crippen LogP contribution in [-0.4, -0.2) is 27.3 Å². The van der Waals surface area contributed by atoms with Gasteiger partial charge in [0.2, 0.25) is 0 Å². The Hall–Kier alpha value is -1.17. The fraction of sp³-hybridized carbons (Fsp3) is 0.562. The molecule has 0 aromatic carbocycles. The van der Waals surface area contributed by atoms with Crippen LogP contribution in [0.4, 0.5) is 0 Å². The summed E-state index contributed by atoms with van der Waals surface area (Å²) in [5, 5.41) is 15.2. The molecule has 5 heteroatoms. The molecule has 0 saturated heterocycles. The van der Waals surface area contributed by atoms with Crippen LogP contribution in [-0.2, 0) is 7.05 Å². The minimum Gasteiger partial charge on any atom is -0.396 e. The van der Waals surface area contributed by atoms with Gasteiger partial charge in [-0.05, 0) is 23.3 Å². The molecule has 116 valence electrons. The third-order valence-electron chi connectivity index (χ3n) is 3.78. The molecule has 0 aliphatic heterocycles. The van der Waals surface area contributed by atoms with E-state index >= 15 is 0 Å². The van der Waals surface area contributed by atoms with E-state index in [4.69, 9.17) is 0 Å². The van der Waals surface area contributed by atoms with E-state index in [2.05, 4.69) is 53.2 Å². The maximum absolute atomic E-state index is 9.37. The Labute approximate surface area is 130 Å². The van der Waals surface area contributed by atoms with Crippen LogP contribution >= 0.6 is 11.3 Å². The van der Waals surface area contributed by atoms with Gasteiger partial charge in [0.1, 0.15) is 11.9 Å². The van der Waals surface area contributed by atoms with Crippen molar-refractivity contribution in [1.29, 1.82) is 0 Å². The molecular weight excluding hydrogens is 282 g/mol. The second-order valence-corrected chi connectivity index (χ2v) is 7.42. The van der Waals surface area contributed by atoms with Gasteiger partial charge in [-0.2, -0.15) is 0 Å². The highest BCUT2D eigenvalue weighted by Gasteiger charge is 2.29. The van der Waals surface area contributed by atoms with Crippen molar-refractivity contribution in [3.8, 4) is 0 Å². The third kappa shape index (κ3) is 3.93. The maximum atomic E-state index is 9.37. The predicted molar refractivity (Wildman–Crippen MR) is 87.5 cm³/mol. The van der Waals surface area contributed by atoms with Crippen LogP contribution in [0.3, 0.4) is 0 Å². The molecule has 2 aromatic heterocycles. The molecule has 2 unspecified atom stereocenters. The number of aliphatic hydroxyl groups is 1. The molecule has 0 fully saturated rings. The quantitative estimate of drug-likeness (QED) is 0.862. The molecule has 0 bridgehead atoms. The number of aromatic nitrogens is 2. The zero-order chi connectivity index (χ0) is 15.5. The van der Waals surface area contributed by atoms with Gasteiger partial charge in [-0.25, -0.2) is 4.98 Å². The van der Waals surface area contributed by atoms with Crippen molar-refractivity contribution in [3.63, 3.8) is 0 Å². The molecule has 2 heterocycles. The van der Waals surface area contributed by atoms with Crippen LogP contribution in [0.25, 0.3) is 0 Å². The predicted octanol–water partition coefficient (Wildman–Crippen LogP) is 2.96. The Morgan fingerprint density at radius 3 is 2.67 bits per heavy atom. The summed E-state index contributed by atoms with van der Waals surface area (Å²) in [5.74, 6) is 1.00. The summed E-state index contributed by atoms with van der Waals surface area (Å²) in [6.07, 6.45) is 4.53. The Balaban J connectivity index is 2.30. The van der Waals surface area contributed by atoms with Crippen LogP contribution in [0.15, 0.2) is 29.9 Å². The molecule has 0 aliphatic carbocycles. The molecule has 2 N–H and O–H groups in total. The van der Waals surface area contributed by atoms with E-state index in [0.29, 0.717) is 0 Å². The SMILES string of the molecule is Cn1ccnc1C(NC(CCO)C(C)(C)C)c1cccs1. The Bertz CT molecular complexity index is 542. The van der Waals surface area contributed by atoms with Gasteiger partial charge < -0.3 is 9.67 Å². The van der Waals surface area contributed by atoms with E-state index in [1.54, 1.807) is 11.3 Å². The summed E-state index contributed by atoms with van der Waals surface area (Å²) < 4.78 is 2.05. The second kappa shape index (κ2) is 6.73. The monoisotopic (exact) mass is 307 g/mol. The van der Waals surface area contributed by atoms with Crippen molar-refractivity contribution in [3.05, 3.63) is 40.6 Å². The molecule has 2 aromatic rings. The average Bonchev–Trinajstić information content (AvgIpc) is 3.05. The number of aryl methyl sites for hydroxylation is 1. The first-order valence-corrected chi connectivity index (χ1v) is 8.19. The average molecular weight is 307 g/mol. The number of thiophene rings is 1. The van der Waals surface area contributed by atoms with Gasteiger partial charge in [0.15, 0.2) is 0 Å². The number of imidazole rings is 1. The normalized spacial score (nSPS) is 15.1. The standard InChI is InChI=1S/C16H25N3OS/c1-16(2,3)13(7-10-20)18-14(12-6-5-11-21-12)15-17-8-9-19(15)4/h5-6,8-9,11,13-14,18,20H,7,10H2,1-4H3. The zero-order valence-electron chi connectivity index (χ0n) is 13.2. The molecule has 0 amide bonds. The fourth-order valence-corrected chi connectivity index (χ4v) is 3.27. The Morgan fingerprint density at radius 1 is 1.43 bits per heavy atom. The molecule has 4 nitrogen and oxygen atoms in total. The third-order valence-corrected chi connectivity index (χ3v) is 4.71. The van der Waals surface area contributed by atoms with E-state index in [9.17, 15) is 5.11 Å². The summed E-state index contributed by atoms with van der Waals surface area (Å²) in [5.41, 5.74) is 0.0728. The van der Waals surface area contributed by atoms with Gasteiger partial charge in [-0.3, -0.25) is 5.32 Å². The van der Waals surface area contributed by atoms with Crippen LogP contribution in [0, 0.1) is 5.41 Å². The van der Waals surface area contributed by atoms with Crippen LogP contribution in [0.5, 0.6) is 0 Å². The highest BCUT2D eigenvalue weighted by Crippen LogP contribution is 2.30. The zero-order valence-corrected chi connectivity index (χ0v) is 14.0. The second-order valence-electron chi connectivity index (χ2n) is 6.44. The number of nitrogens with zero attached hydrogens (tertiary/aromatic N) is 2. The van der Waals surface area contributed by atoms with Gasteiger partial charge in [0.25, 0.3) is 0 Å². The van der Waals surface area contributed by atoms with E-state index in [-0.39, 0.29) is 24.1 Å². The van der Waals surface area contributed by atoms with E-state index in [1.807, 2.05) is 19.4 Å². The lowest BCUT2D eigenvalue weighted by atomic mass is 9.84. The highest BCUT2D eigenvalue weighted by molar-refractivity contribution is 7.10. The van der Waals surface area contributed by atoms with Gasteiger partial charge in [0, 0.05) is 37.0 Å². The molecule has 21 heavy (non-hydrogen) atoms. The number of hydrogen-bond acceptors (Lipinski definition) is 4. The maximum Gasteiger partial charge on any atom is 0.131 e. The molecule has 2 rings (SSSR count). The first-order chi connectivity index (χ1) is 9.93. The Kier molecular flexibility index (Phi) is 5.19. The van der Waals surface area contributed by atoms with Crippen molar-refractivity contribution in [1.82, 2.24) is 14.9 Å². The fourth-order valence-electron chi connectivity index (χ4n) is 2.49. The van der Waals surface area contributed by atoms with E-state index in [1.165, 1.54) is 4.88 Å². The lowest BCUT2D eigenvalue weighted by Crippen LogP contribution is -2.43. The summed E-state index contributed by atoms with van der Waals surface area (Å²) in [7, 11) is 2.02. The van der Waals surface area contributed by atoms with Gasteiger partial charge in [-0.1, -0.05) is 26.8 Å². The van der Waals surface area contributed by atoms with E-state index in [0.717, 1.165) is 12.2 Å². The molecular formula is C16H25N3OS. The smallest absolute Gasteiger partial charge is 0.131 e. The first kappa shape index (κ1) is 16.2. The lowest BCUT2D eigenvalue weighted by Gasteiger charge is -2.34. The number of rotatable bonds is 6. The van der Waals surface area contributed by atoms with Gasteiger partial charge >= 0.3 is 0 Å². The molecule has 0 aliphatic rings. The van der Waals surface area contributed by atoms with Crippen LogP contribution in [0.2, 0.25) is 0 Å². The largest absolute Gasteiger partial charge is 0.396 e. The van der Waals surface area contributed by atoms with E-state index < -0.39 is 0 Å². The summed E-state index contributed by atoms with van der Waals surface area (Å²) in [6.45, 7) is 6.78. The van der Waals surface area contributed by atoms with Crippen LogP contribution < -0.4 is 5.32 Å². The minimum atomic E-state index is 0.0563. The Morgan fingerprint density at radius 2 is 2.19 bits per heavy atom. The molecule has 0 spiro atoms. The molecule has 0 radical (unpaired) electrons. The van der Waals surface area contributed by atoms with Gasteiger partial charge in [-0.15, -0.1) is 11.3 Å². The van der Waals surface area contributed by atoms with Crippen molar-refractivity contribution in [2.45, 2.75) is 39.3 Å². The highest BCUT2D eigenvalue weighted by atomic mass is 32.1. The first-order valence-electron chi connectivity index (χ1n) is 7.31. The van der Waals surface area contributed by atoms with Crippen molar-refractivity contribution in [2.75, 3.05) is 6.61 Å². The number of nitrogens with one attached hydrogen (secondary N) is 1. The van der Waals surface area contributed by atoms with Crippen molar-refractivity contribution >= 4 is 11.3 Å². The molecule has 2 atom stereocenters. The minimum absolute atomic E-state index is 0.0563. The van der Waals surface area contributed by atoms with Crippen molar-refractivity contribution in [2.24, 2.45) is 12.5 Å². The number of aliphatic hydroxyl groups excluding tert-OH is 1.